The SMILES string of the molecule is CN=C(NCc1cc(C(C)C)no1)N1CCC(Oc2ccccc2)CC1. The van der Waals surface area contributed by atoms with Crippen molar-refractivity contribution in [2.24, 2.45) is 4.99 Å². The van der Waals surface area contributed by atoms with Crippen LogP contribution in [0.25, 0.3) is 0 Å². The summed E-state index contributed by atoms with van der Waals surface area (Å²) in [5.74, 6) is 3.04. The maximum Gasteiger partial charge on any atom is 0.194 e. The second-order valence-corrected chi connectivity index (χ2v) is 6.89. The van der Waals surface area contributed by atoms with Crippen LogP contribution < -0.4 is 10.1 Å². The number of nitrogens with one attached hydrogen (secondary N) is 1. The standard InChI is InChI=1S/C20H28N4O2/c1-15(2)19-13-18(26-23-19)14-22-20(21-3)24-11-9-17(10-12-24)25-16-7-5-4-6-8-16/h4-8,13,15,17H,9-12,14H2,1-3H3,(H,21,22). The molecule has 6 nitrogen and oxygen atoms in total. The Hall–Kier alpha value is -2.50. The van der Waals surface area contributed by atoms with Gasteiger partial charge in [0.1, 0.15) is 11.9 Å². The van der Waals surface area contributed by atoms with E-state index in [9.17, 15) is 0 Å². The zero-order valence-electron chi connectivity index (χ0n) is 15.8. The van der Waals surface area contributed by atoms with E-state index < -0.39 is 0 Å². The highest BCUT2D eigenvalue weighted by atomic mass is 16.5. The summed E-state index contributed by atoms with van der Waals surface area (Å²) < 4.78 is 11.4. The van der Waals surface area contributed by atoms with Crippen LogP contribution in [-0.4, -0.2) is 42.3 Å². The second kappa shape index (κ2) is 8.74. The molecule has 3 rings (SSSR count). The highest BCUT2D eigenvalue weighted by Crippen LogP contribution is 2.19. The fourth-order valence-corrected chi connectivity index (χ4v) is 3.06. The molecule has 2 aromatic rings. The molecule has 1 N–H and O–H groups in total. The summed E-state index contributed by atoms with van der Waals surface area (Å²) in [6.45, 7) is 6.65. The molecule has 1 saturated heterocycles. The van der Waals surface area contributed by atoms with Crippen LogP contribution in [0.5, 0.6) is 5.75 Å². The number of benzene rings is 1. The molecule has 0 bridgehead atoms. The Bertz CT molecular complexity index is 704. The topological polar surface area (TPSA) is 62.9 Å². The number of para-hydroxylation sites is 1. The van der Waals surface area contributed by atoms with Crippen molar-refractivity contribution < 1.29 is 9.26 Å². The molecule has 0 saturated carbocycles. The quantitative estimate of drug-likeness (QED) is 0.657. The van der Waals surface area contributed by atoms with Gasteiger partial charge in [0.2, 0.25) is 0 Å². The predicted molar refractivity (Wildman–Crippen MR) is 102 cm³/mol. The highest BCUT2D eigenvalue weighted by molar-refractivity contribution is 5.79. The average Bonchev–Trinajstić information content (AvgIpc) is 3.14. The zero-order valence-corrected chi connectivity index (χ0v) is 15.8. The third-order valence-electron chi connectivity index (χ3n) is 4.59. The van der Waals surface area contributed by atoms with Crippen molar-refractivity contribution in [2.75, 3.05) is 20.1 Å². The number of nitrogens with zero attached hydrogens (tertiary/aromatic N) is 3. The van der Waals surface area contributed by atoms with E-state index in [1.807, 2.05) is 43.4 Å². The lowest BCUT2D eigenvalue weighted by Gasteiger charge is -2.34. The van der Waals surface area contributed by atoms with Crippen molar-refractivity contribution in [1.29, 1.82) is 0 Å². The Morgan fingerprint density at radius 1 is 1.31 bits per heavy atom. The molecule has 1 aliphatic rings. The summed E-state index contributed by atoms with van der Waals surface area (Å²) >= 11 is 0. The van der Waals surface area contributed by atoms with Crippen LogP contribution in [-0.2, 0) is 6.54 Å². The van der Waals surface area contributed by atoms with E-state index >= 15 is 0 Å². The number of hydrogen-bond donors (Lipinski definition) is 1. The smallest absolute Gasteiger partial charge is 0.194 e. The lowest BCUT2D eigenvalue weighted by atomic mass is 10.1. The van der Waals surface area contributed by atoms with Crippen molar-refractivity contribution in [3.63, 3.8) is 0 Å². The first-order valence-corrected chi connectivity index (χ1v) is 9.28. The number of aromatic nitrogens is 1. The minimum Gasteiger partial charge on any atom is -0.490 e. The number of likely N-dealkylation sites (tertiary alicyclic amines) is 1. The molecule has 0 unspecified atom stereocenters. The van der Waals surface area contributed by atoms with Crippen molar-refractivity contribution in [2.45, 2.75) is 45.3 Å². The fraction of sp³-hybridized carbons (Fsp3) is 0.500. The number of piperidine rings is 1. The van der Waals surface area contributed by atoms with Gasteiger partial charge in [-0.3, -0.25) is 4.99 Å². The van der Waals surface area contributed by atoms with E-state index in [1.165, 1.54) is 0 Å². The monoisotopic (exact) mass is 356 g/mol. The molecule has 1 aromatic carbocycles. The predicted octanol–water partition coefficient (Wildman–Crippen LogP) is 3.42. The molecule has 0 amide bonds. The van der Waals surface area contributed by atoms with Crippen molar-refractivity contribution >= 4 is 5.96 Å². The van der Waals surface area contributed by atoms with Gasteiger partial charge < -0.3 is 19.5 Å². The maximum atomic E-state index is 6.06. The normalized spacial score (nSPS) is 16.2. The number of aliphatic imine (C=N–C) groups is 1. The van der Waals surface area contributed by atoms with Crippen LogP contribution in [0.2, 0.25) is 0 Å². The Balaban J connectivity index is 1.47. The lowest BCUT2D eigenvalue weighted by Crippen LogP contribution is -2.47. The van der Waals surface area contributed by atoms with Gasteiger partial charge >= 0.3 is 0 Å². The van der Waals surface area contributed by atoms with Gasteiger partial charge in [-0.25, -0.2) is 0 Å². The Morgan fingerprint density at radius 3 is 2.65 bits per heavy atom. The van der Waals surface area contributed by atoms with E-state index in [0.717, 1.165) is 49.1 Å². The second-order valence-electron chi connectivity index (χ2n) is 6.89. The molecule has 0 radical (unpaired) electrons. The first kappa shape index (κ1) is 18.3. The Morgan fingerprint density at radius 2 is 2.04 bits per heavy atom. The Kier molecular flexibility index (Phi) is 6.15. The largest absolute Gasteiger partial charge is 0.490 e. The van der Waals surface area contributed by atoms with Gasteiger partial charge in [0.05, 0.1) is 12.2 Å². The van der Waals surface area contributed by atoms with Crippen molar-refractivity contribution in [3.05, 3.63) is 47.9 Å². The van der Waals surface area contributed by atoms with Crippen LogP contribution in [0.3, 0.4) is 0 Å². The number of hydrogen-bond acceptors (Lipinski definition) is 4. The van der Waals surface area contributed by atoms with Gasteiger partial charge in [0, 0.05) is 39.0 Å². The molecule has 1 aliphatic heterocycles. The molecule has 1 aromatic heterocycles. The third kappa shape index (κ3) is 4.77. The van der Waals surface area contributed by atoms with Crippen LogP contribution >= 0.6 is 0 Å². The molecule has 140 valence electrons. The molecular formula is C20H28N4O2. The molecule has 26 heavy (non-hydrogen) atoms. The zero-order chi connectivity index (χ0) is 18.4. The van der Waals surface area contributed by atoms with Gasteiger partial charge in [-0.05, 0) is 18.1 Å². The summed E-state index contributed by atoms with van der Waals surface area (Å²) in [6, 6.07) is 12.0. The molecule has 0 atom stereocenters. The minimum absolute atomic E-state index is 0.259. The average molecular weight is 356 g/mol. The van der Waals surface area contributed by atoms with Gasteiger partial charge in [-0.15, -0.1) is 0 Å². The molecule has 1 fully saturated rings. The molecule has 0 spiro atoms. The summed E-state index contributed by atoms with van der Waals surface area (Å²) in [7, 11) is 1.81. The van der Waals surface area contributed by atoms with Gasteiger partial charge in [-0.1, -0.05) is 37.2 Å². The van der Waals surface area contributed by atoms with Crippen LogP contribution in [0.15, 0.2) is 45.9 Å². The van der Waals surface area contributed by atoms with Gasteiger partial charge in [0.15, 0.2) is 11.7 Å². The number of guanidine groups is 1. The van der Waals surface area contributed by atoms with Crippen LogP contribution in [0.1, 0.15) is 44.1 Å². The fourth-order valence-electron chi connectivity index (χ4n) is 3.06. The summed E-state index contributed by atoms with van der Waals surface area (Å²) in [6.07, 6.45) is 2.22. The first-order chi connectivity index (χ1) is 12.7. The third-order valence-corrected chi connectivity index (χ3v) is 4.59. The van der Waals surface area contributed by atoms with E-state index in [-0.39, 0.29) is 6.10 Å². The van der Waals surface area contributed by atoms with Crippen molar-refractivity contribution in [1.82, 2.24) is 15.4 Å². The Labute approximate surface area is 155 Å². The van der Waals surface area contributed by atoms with E-state index in [0.29, 0.717) is 12.5 Å². The highest BCUT2D eigenvalue weighted by Gasteiger charge is 2.23. The van der Waals surface area contributed by atoms with E-state index in [1.54, 1.807) is 0 Å². The van der Waals surface area contributed by atoms with E-state index in [2.05, 4.69) is 34.2 Å². The molecule has 2 heterocycles. The summed E-state index contributed by atoms with van der Waals surface area (Å²) in [4.78, 5) is 6.67. The summed E-state index contributed by atoms with van der Waals surface area (Å²) in [5, 5.41) is 7.47. The maximum absolute atomic E-state index is 6.06. The van der Waals surface area contributed by atoms with Crippen LogP contribution in [0.4, 0.5) is 0 Å². The van der Waals surface area contributed by atoms with Crippen LogP contribution in [0, 0.1) is 0 Å². The summed E-state index contributed by atoms with van der Waals surface area (Å²) in [5.41, 5.74) is 0.982. The van der Waals surface area contributed by atoms with E-state index in [4.69, 9.17) is 9.26 Å². The van der Waals surface area contributed by atoms with Gasteiger partial charge in [-0.2, -0.15) is 0 Å². The number of ether oxygens (including phenoxy) is 1. The molecular weight excluding hydrogens is 328 g/mol. The van der Waals surface area contributed by atoms with Gasteiger partial charge in [0.25, 0.3) is 0 Å². The number of rotatable bonds is 5. The molecule has 6 heteroatoms. The molecule has 0 aliphatic carbocycles. The first-order valence-electron chi connectivity index (χ1n) is 9.28. The minimum atomic E-state index is 0.259. The lowest BCUT2D eigenvalue weighted by molar-refractivity contribution is 0.129. The van der Waals surface area contributed by atoms with Crippen molar-refractivity contribution in [3.8, 4) is 5.75 Å².